The molecular weight excluding hydrogens is 412 g/mol. The first kappa shape index (κ1) is 21.7. The van der Waals surface area contributed by atoms with Crippen LogP contribution in [-0.2, 0) is 15.8 Å². The van der Waals surface area contributed by atoms with E-state index in [1.165, 1.54) is 5.69 Å². The lowest BCUT2D eigenvalue weighted by molar-refractivity contribution is -0.125. The summed E-state index contributed by atoms with van der Waals surface area (Å²) in [5.41, 5.74) is 5.65. The lowest BCUT2D eigenvalue weighted by Crippen LogP contribution is -2.44. The molecule has 0 radical (unpaired) electrons. The van der Waals surface area contributed by atoms with Crippen molar-refractivity contribution in [3.05, 3.63) is 60.2 Å². The van der Waals surface area contributed by atoms with Crippen molar-refractivity contribution in [2.24, 2.45) is 0 Å². The molecule has 2 aliphatic rings. The van der Waals surface area contributed by atoms with Gasteiger partial charge in [0.15, 0.2) is 0 Å². The van der Waals surface area contributed by atoms with Crippen LogP contribution in [0.3, 0.4) is 0 Å². The number of piperazine rings is 1. The standard InChI is InChI=1S/C23H28N4O3S/c1-25-13-15-26(16-14-25)21-4-2-3-20(17-21)18-5-7-22(8-6-18)31(30)27-11-9-19(10-12-27)23(28)24-29/h2-9,17,29H,10-16H2,1H3,(H,24,28). The van der Waals surface area contributed by atoms with Gasteiger partial charge in [0, 0.05) is 50.5 Å². The van der Waals surface area contributed by atoms with Gasteiger partial charge >= 0.3 is 0 Å². The van der Waals surface area contributed by atoms with Crippen LogP contribution in [0, 0.1) is 0 Å². The summed E-state index contributed by atoms with van der Waals surface area (Å²) < 4.78 is 14.7. The summed E-state index contributed by atoms with van der Waals surface area (Å²) in [6.45, 7) is 5.11. The van der Waals surface area contributed by atoms with Crippen molar-refractivity contribution in [1.29, 1.82) is 0 Å². The molecule has 1 saturated heterocycles. The Hall–Kier alpha value is -2.52. The van der Waals surface area contributed by atoms with E-state index in [-0.39, 0.29) is 0 Å². The zero-order valence-electron chi connectivity index (χ0n) is 17.7. The molecule has 2 aromatic rings. The minimum absolute atomic E-state index is 0.407. The number of carbonyl (C=O) groups excluding carboxylic acids is 1. The van der Waals surface area contributed by atoms with Crippen molar-refractivity contribution >= 4 is 22.6 Å². The summed E-state index contributed by atoms with van der Waals surface area (Å²) in [5, 5.41) is 8.74. The number of rotatable bonds is 5. The van der Waals surface area contributed by atoms with Crippen LogP contribution in [0.4, 0.5) is 5.69 Å². The zero-order valence-corrected chi connectivity index (χ0v) is 18.5. The first-order valence-corrected chi connectivity index (χ1v) is 11.6. The number of nitrogens with one attached hydrogen (secondary N) is 1. The number of benzene rings is 2. The lowest BCUT2D eigenvalue weighted by atomic mass is 10.0. The SMILES string of the molecule is CN1CCN(c2cccc(-c3ccc(S(=O)N4CC=C(C(=O)NO)CC4)cc3)c2)CC1. The molecule has 2 N–H and O–H groups in total. The predicted octanol–water partition coefficient (Wildman–Crippen LogP) is 2.27. The molecule has 2 heterocycles. The smallest absolute Gasteiger partial charge is 0.270 e. The maximum Gasteiger partial charge on any atom is 0.270 e. The Balaban J connectivity index is 1.44. The molecule has 0 bridgehead atoms. The van der Waals surface area contributed by atoms with Crippen molar-refractivity contribution in [3.63, 3.8) is 0 Å². The maximum atomic E-state index is 12.9. The molecule has 0 aliphatic carbocycles. The van der Waals surface area contributed by atoms with Gasteiger partial charge in [-0.3, -0.25) is 10.0 Å². The predicted molar refractivity (Wildman–Crippen MR) is 122 cm³/mol. The molecule has 1 fully saturated rings. The Kier molecular flexibility index (Phi) is 6.82. The van der Waals surface area contributed by atoms with E-state index in [1.807, 2.05) is 28.6 Å². The second-order valence-electron chi connectivity index (χ2n) is 7.92. The first-order valence-electron chi connectivity index (χ1n) is 10.5. The van der Waals surface area contributed by atoms with Gasteiger partial charge in [0.25, 0.3) is 5.91 Å². The third-order valence-electron chi connectivity index (χ3n) is 5.90. The van der Waals surface area contributed by atoms with E-state index in [4.69, 9.17) is 5.21 Å². The third-order valence-corrected chi connectivity index (χ3v) is 7.38. The van der Waals surface area contributed by atoms with Crippen molar-refractivity contribution in [2.75, 3.05) is 51.2 Å². The fourth-order valence-corrected chi connectivity index (χ4v) is 5.07. The van der Waals surface area contributed by atoms with Gasteiger partial charge in [-0.05, 0) is 48.9 Å². The molecule has 164 valence electrons. The van der Waals surface area contributed by atoms with Crippen LogP contribution in [0.2, 0.25) is 0 Å². The largest absolute Gasteiger partial charge is 0.369 e. The molecule has 0 aromatic heterocycles. The second-order valence-corrected chi connectivity index (χ2v) is 9.41. The minimum Gasteiger partial charge on any atom is -0.369 e. The number of carbonyl (C=O) groups is 1. The minimum atomic E-state index is -1.29. The van der Waals surface area contributed by atoms with E-state index in [0.29, 0.717) is 25.1 Å². The number of hydrogen-bond donors (Lipinski definition) is 2. The molecule has 2 aromatic carbocycles. The summed E-state index contributed by atoms with van der Waals surface area (Å²) in [7, 11) is 0.862. The highest BCUT2D eigenvalue weighted by Crippen LogP contribution is 2.27. The van der Waals surface area contributed by atoms with Gasteiger partial charge in [-0.2, -0.15) is 0 Å². The molecule has 0 spiro atoms. The van der Waals surface area contributed by atoms with Crippen LogP contribution < -0.4 is 10.4 Å². The molecule has 2 aliphatic heterocycles. The lowest BCUT2D eigenvalue weighted by Gasteiger charge is -2.34. The van der Waals surface area contributed by atoms with Crippen LogP contribution >= 0.6 is 0 Å². The fourth-order valence-electron chi connectivity index (χ4n) is 3.94. The summed E-state index contributed by atoms with van der Waals surface area (Å²) in [5.74, 6) is -0.492. The molecular formula is C23H28N4O3S. The van der Waals surface area contributed by atoms with Gasteiger partial charge in [0.1, 0.15) is 11.0 Å². The topological polar surface area (TPSA) is 76.1 Å². The van der Waals surface area contributed by atoms with Gasteiger partial charge in [-0.1, -0.05) is 30.3 Å². The van der Waals surface area contributed by atoms with E-state index >= 15 is 0 Å². The van der Waals surface area contributed by atoms with Gasteiger partial charge in [-0.15, -0.1) is 0 Å². The number of amides is 1. The Bertz CT molecular complexity index is 985. The van der Waals surface area contributed by atoms with E-state index in [0.717, 1.165) is 42.2 Å². The van der Waals surface area contributed by atoms with Crippen LogP contribution in [-0.4, -0.2) is 70.8 Å². The summed E-state index contributed by atoms with van der Waals surface area (Å²) in [4.78, 5) is 17.0. The summed E-state index contributed by atoms with van der Waals surface area (Å²) >= 11 is 0. The Labute approximate surface area is 185 Å². The molecule has 4 rings (SSSR count). The Morgan fingerprint density at radius 2 is 1.74 bits per heavy atom. The van der Waals surface area contributed by atoms with Crippen LogP contribution in [0.1, 0.15) is 6.42 Å². The van der Waals surface area contributed by atoms with Crippen LogP contribution in [0.5, 0.6) is 0 Å². The second kappa shape index (κ2) is 9.74. The molecule has 1 atom stereocenters. The normalized spacial score (nSPS) is 19.0. The van der Waals surface area contributed by atoms with E-state index < -0.39 is 16.9 Å². The Morgan fingerprint density at radius 3 is 2.39 bits per heavy atom. The van der Waals surface area contributed by atoms with Gasteiger partial charge in [0.05, 0.1) is 4.90 Å². The van der Waals surface area contributed by atoms with Crippen LogP contribution in [0.25, 0.3) is 11.1 Å². The molecule has 1 amide bonds. The monoisotopic (exact) mass is 440 g/mol. The van der Waals surface area contributed by atoms with Crippen molar-refractivity contribution in [2.45, 2.75) is 11.3 Å². The molecule has 1 unspecified atom stereocenters. The number of anilines is 1. The highest BCUT2D eigenvalue weighted by molar-refractivity contribution is 7.82. The molecule has 8 heteroatoms. The first-order chi connectivity index (χ1) is 15.0. The average Bonchev–Trinajstić information content (AvgIpc) is 2.84. The fraction of sp³-hybridized carbons (Fsp3) is 0.348. The van der Waals surface area contributed by atoms with Crippen LogP contribution in [0.15, 0.2) is 65.1 Å². The van der Waals surface area contributed by atoms with E-state index in [1.54, 1.807) is 11.6 Å². The molecule has 0 saturated carbocycles. The van der Waals surface area contributed by atoms with Gasteiger partial charge < -0.3 is 9.80 Å². The van der Waals surface area contributed by atoms with Crippen molar-refractivity contribution in [1.82, 2.24) is 14.7 Å². The maximum absolute atomic E-state index is 12.9. The van der Waals surface area contributed by atoms with E-state index in [2.05, 4.69) is 41.1 Å². The van der Waals surface area contributed by atoms with Crippen molar-refractivity contribution in [3.8, 4) is 11.1 Å². The third kappa shape index (κ3) is 5.04. The number of hydrogen-bond acceptors (Lipinski definition) is 5. The number of hydroxylamine groups is 1. The quantitative estimate of drug-likeness (QED) is 0.551. The number of nitrogens with zero attached hydrogens (tertiary/aromatic N) is 3. The summed E-state index contributed by atoms with van der Waals surface area (Å²) in [6, 6.07) is 16.4. The molecule has 7 nitrogen and oxygen atoms in total. The van der Waals surface area contributed by atoms with E-state index in [9.17, 15) is 9.00 Å². The highest BCUT2D eigenvalue weighted by Gasteiger charge is 2.21. The van der Waals surface area contributed by atoms with Crippen molar-refractivity contribution < 1.29 is 14.2 Å². The summed E-state index contributed by atoms with van der Waals surface area (Å²) in [6.07, 6.45) is 2.17. The van der Waals surface area contributed by atoms with Gasteiger partial charge in [0.2, 0.25) is 0 Å². The average molecular weight is 441 g/mol. The van der Waals surface area contributed by atoms with Gasteiger partial charge in [-0.25, -0.2) is 14.0 Å². The Morgan fingerprint density at radius 1 is 1.00 bits per heavy atom. The highest BCUT2D eigenvalue weighted by atomic mass is 32.2. The zero-order chi connectivity index (χ0) is 21.8. The number of likely N-dealkylation sites (N-methyl/N-ethyl adjacent to an activating group) is 1. The molecule has 31 heavy (non-hydrogen) atoms.